The molecular formula is C19H18ClNO3. The maximum atomic E-state index is 12.2. The van der Waals surface area contributed by atoms with Gasteiger partial charge in [0.25, 0.3) is 0 Å². The van der Waals surface area contributed by atoms with Crippen molar-refractivity contribution in [1.82, 2.24) is 4.90 Å². The molecule has 0 aromatic heterocycles. The summed E-state index contributed by atoms with van der Waals surface area (Å²) in [6.45, 7) is 1.05. The Labute approximate surface area is 146 Å². The Bertz CT molecular complexity index is 732. The van der Waals surface area contributed by atoms with Gasteiger partial charge in [0.15, 0.2) is 0 Å². The van der Waals surface area contributed by atoms with Gasteiger partial charge in [-0.25, -0.2) is 0 Å². The Morgan fingerprint density at radius 2 is 1.83 bits per heavy atom. The van der Waals surface area contributed by atoms with Gasteiger partial charge in [0.05, 0.1) is 5.92 Å². The summed E-state index contributed by atoms with van der Waals surface area (Å²) in [5.41, 5.74) is 1.81. The molecule has 24 heavy (non-hydrogen) atoms. The molecule has 0 radical (unpaired) electrons. The topological polar surface area (TPSA) is 46.6 Å². The van der Waals surface area contributed by atoms with Gasteiger partial charge in [0.1, 0.15) is 6.61 Å². The van der Waals surface area contributed by atoms with Crippen LogP contribution in [0.4, 0.5) is 0 Å². The molecule has 1 aliphatic rings. The summed E-state index contributed by atoms with van der Waals surface area (Å²) in [4.78, 5) is 26.1. The average Bonchev–Trinajstić information content (AvgIpc) is 2.96. The summed E-state index contributed by atoms with van der Waals surface area (Å²) in [6, 6.07) is 17.0. The molecule has 4 nitrogen and oxygen atoms in total. The zero-order chi connectivity index (χ0) is 16.9. The van der Waals surface area contributed by atoms with Crippen molar-refractivity contribution in [3.8, 4) is 0 Å². The van der Waals surface area contributed by atoms with Crippen molar-refractivity contribution in [2.45, 2.75) is 19.6 Å². The molecule has 1 amide bonds. The van der Waals surface area contributed by atoms with Crippen LogP contribution in [0.5, 0.6) is 0 Å². The van der Waals surface area contributed by atoms with Crippen molar-refractivity contribution in [3.05, 3.63) is 70.7 Å². The van der Waals surface area contributed by atoms with Crippen LogP contribution in [-0.2, 0) is 27.5 Å². The van der Waals surface area contributed by atoms with Crippen LogP contribution in [0.3, 0.4) is 0 Å². The molecule has 5 heteroatoms. The van der Waals surface area contributed by atoms with Crippen molar-refractivity contribution >= 4 is 23.5 Å². The van der Waals surface area contributed by atoms with E-state index >= 15 is 0 Å². The second kappa shape index (κ2) is 7.49. The average molecular weight is 344 g/mol. The minimum atomic E-state index is -0.413. The van der Waals surface area contributed by atoms with Gasteiger partial charge < -0.3 is 9.64 Å². The van der Waals surface area contributed by atoms with E-state index in [1.165, 1.54) is 0 Å². The largest absolute Gasteiger partial charge is 0.460 e. The first-order chi connectivity index (χ1) is 11.6. The van der Waals surface area contributed by atoms with Gasteiger partial charge in [-0.15, -0.1) is 0 Å². The molecule has 1 fully saturated rings. The number of amides is 1. The van der Waals surface area contributed by atoms with E-state index < -0.39 is 5.92 Å². The van der Waals surface area contributed by atoms with E-state index in [1.54, 1.807) is 11.0 Å². The standard InChI is InChI=1S/C19H18ClNO3/c20-17-9-5-4-8-15(17)13-24-19(23)16-10-18(22)21(12-16)11-14-6-2-1-3-7-14/h1-9,16H,10-13H2/t16-/m1/s1. The van der Waals surface area contributed by atoms with E-state index in [0.29, 0.717) is 18.1 Å². The number of nitrogens with zero attached hydrogens (tertiary/aromatic N) is 1. The number of hydrogen-bond donors (Lipinski definition) is 0. The summed E-state index contributed by atoms with van der Waals surface area (Å²) in [5.74, 6) is -0.777. The first-order valence-corrected chi connectivity index (χ1v) is 8.23. The maximum Gasteiger partial charge on any atom is 0.311 e. The quantitative estimate of drug-likeness (QED) is 0.781. The van der Waals surface area contributed by atoms with Gasteiger partial charge in [-0.1, -0.05) is 60.1 Å². The fourth-order valence-corrected chi connectivity index (χ4v) is 2.96. The Morgan fingerprint density at radius 3 is 2.58 bits per heavy atom. The lowest BCUT2D eigenvalue weighted by atomic mass is 10.1. The number of hydrogen-bond acceptors (Lipinski definition) is 3. The molecule has 0 saturated carbocycles. The first kappa shape index (κ1) is 16.5. The van der Waals surface area contributed by atoms with Gasteiger partial charge in [0.2, 0.25) is 5.91 Å². The zero-order valence-electron chi connectivity index (χ0n) is 13.2. The SMILES string of the molecule is O=C(OCc1ccccc1Cl)[C@@H]1CC(=O)N(Cc2ccccc2)C1. The zero-order valence-corrected chi connectivity index (χ0v) is 13.9. The van der Waals surface area contributed by atoms with Crippen LogP contribution in [0.25, 0.3) is 0 Å². The number of rotatable bonds is 5. The van der Waals surface area contributed by atoms with Gasteiger partial charge in [-0.05, 0) is 11.6 Å². The molecule has 2 aromatic carbocycles. The van der Waals surface area contributed by atoms with Crippen molar-refractivity contribution in [2.24, 2.45) is 5.92 Å². The molecule has 0 unspecified atom stereocenters. The fraction of sp³-hybridized carbons (Fsp3) is 0.263. The van der Waals surface area contributed by atoms with Crippen molar-refractivity contribution < 1.29 is 14.3 Å². The number of benzene rings is 2. The summed E-state index contributed by atoms with van der Waals surface area (Å²) >= 11 is 6.05. The predicted octanol–water partition coefficient (Wildman–Crippen LogP) is 3.43. The lowest BCUT2D eigenvalue weighted by molar-refractivity contribution is -0.149. The number of halogens is 1. The van der Waals surface area contributed by atoms with E-state index in [-0.39, 0.29) is 24.9 Å². The van der Waals surface area contributed by atoms with E-state index in [2.05, 4.69) is 0 Å². The highest BCUT2D eigenvalue weighted by Gasteiger charge is 2.35. The van der Waals surface area contributed by atoms with E-state index in [9.17, 15) is 9.59 Å². The Hall–Kier alpha value is -2.33. The lowest BCUT2D eigenvalue weighted by Gasteiger charge is -2.16. The molecule has 0 aliphatic carbocycles. The van der Waals surface area contributed by atoms with Crippen molar-refractivity contribution in [1.29, 1.82) is 0 Å². The van der Waals surface area contributed by atoms with Crippen LogP contribution in [-0.4, -0.2) is 23.3 Å². The molecule has 0 bridgehead atoms. The van der Waals surface area contributed by atoms with Gasteiger partial charge in [-0.3, -0.25) is 9.59 Å². The van der Waals surface area contributed by atoms with Crippen LogP contribution >= 0.6 is 11.6 Å². The Balaban J connectivity index is 1.55. The number of carbonyl (C=O) groups excluding carboxylic acids is 2. The van der Waals surface area contributed by atoms with Crippen LogP contribution < -0.4 is 0 Å². The number of ether oxygens (including phenoxy) is 1. The van der Waals surface area contributed by atoms with Gasteiger partial charge >= 0.3 is 5.97 Å². The van der Waals surface area contributed by atoms with E-state index in [0.717, 1.165) is 11.1 Å². The molecule has 1 heterocycles. The second-order valence-corrected chi connectivity index (χ2v) is 6.27. The van der Waals surface area contributed by atoms with Gasteiger partial charge in [0, 0.05) is 30.1 Å². The minimum absolute atomic E-state index is 0.0152. The monoisotopic (exact) mass is 343 g/mol. The fourth-order valence-electron chi connectivity index (χ4n) is 2.77. The molecule has 2 aromatic rings. The van der Waals surface area contributed by atoms with E-state index in [4.69, 9.17) is 16.3 Å². The first-order valence-electron chi connectivity index (χ1n) is 7.85. The Morgan fingerprint density at radius 1 is 1.12 bits per heavy atom. The molecule has 1 aliphatic heterocycles. The smallest absolute Gasteiger partial charge is 0.311 e. The molecule has 0 N–H and O–H groups in total. The van der Waals surface area contributed by atoms with Crippen molar-refractivity contribution in [3.63, 3.8) is 0 Å². The molecule has 1 atom stereocenters. The van der Waals surface area contributed by atoms with Crippen LogP contribution in [0.1, 0.15) is 17.5 Å². The molecular weight excluding hydrogens is 326 g/mol. The van der Waals surface area contributed by atoms with Crippen LogP contribution in [0.2, 0.25) is 5.02 Å². The highest BCUT2D eigenvalue weighted by atomic mass is 35.5. The molecule has 1 saturated heterocycles. The molecule has 124 valence electrons. The molecule has 0 spiro atoms. The maximum absolute atomic E-state index is 12.2. The van der Waals surface area contributed by atoms with Gasteiger partial charge in [-0.2, -0.15) is 0 Å². The summed E-state index contributed by atoms with van der Waals surface area (Å²) < 4.78 is 5.34. The predicted molar refractivity (Wildman–Crippen MR) is 91.2 cm³/mol. The molecule has 3 rings (SSSR count). The van der Waals surface area contributed by atoms with Crippen molar-refractivity contribution in [2.75, 3.05) is 6.54 Å². The summed E-state index contributed by atoms with van der Waals surface area (Å²) in [5, 5.41) is 0.568. The Kier molecular flexibility index (Phi) is 5.16. The number of esters is 1. The van der Waals surface area contributed by atoms with Crippen LogP contribution in [0.15, 0.2) is 54.6 Å². The lowest BCUT2D eigenvalue weighted by Crippen LogP contribution is -2.26. The van der Waals surface area contributed by atoms with E-state index in [1.807, 2.05) is 48.5 Å². The normalized spacial score (nSPS) is 17.1. The number of likely N-dealkylation sites (tertiary alicyclic amines) is 1. The third kappa shape index (κ3) is 3.95. The van der Waals surface area contributed by atoms with Crippen LogP contribution in [0, 0.1) is 5.92 Å². The third-order valence-electron chi connectivity index (χ3n) is 4.09. The highest BCUT2D eigenvalue weighted by Crippen LogP contribution is 2.23. The minimum Gasteiger partial charge on any atom is -0.460 e. The number of carbonyl (C=O) groups is 2. The summed E-state index contributed by atoms with van der Waals surface area (Å²) in [6.07, 6.45) is 0.203. The third-order valence-corrected chi connectivity index (χ3v) is 4.46. The second-order valence-electron chi connectivity index (χ2n) is 5.86. The summed E-state index contributed by atoms with van der Waals surface area (Å²) in [7, 11) is 0. The highest BCUT2D eigenvalue weighted by molar-refractivity contribution is 6.31.